The van der Waals surface area contributed by atoms with Crippen LogP contribution in [0.15, 0.2) is 0 Å². The predicted octanol–water partition coefficient (Wildman–Crippen LogP) is 0.745. The van der Waals surface area contributed by atoms with E-state index in [1.807, 2.05) is 0 Å². The van der Waals surface area contributed by atoms with E-state index < -0.39 is 23.3 Å². The summed E-state index contributed by atoms with van der Waals surface area (Å²) in [5, 5.41) is 0. The first kappa shape index (κ1) is 10.1. The number of hydrogen-bond acceptors (Lipinski definition) is 0. The average Bonchev–Trinajstić information content (AvgIpc) is 1.37. The zero-order valence-corrected chi connectivity index (χ0v) is 9.05. The molecule has 0 aliphatic heterocycles. The van der Waals surface area contributed by atoms with E-state index in [1.165, 1.54) is 3.93 Å². The SMILES string of the molecule is C[CH2][Hg][Cl].[MgH2]. The van der Waals surface area contributed by atoms with Crippen LogP contribution in [0.3, 0.4) is 0 Å². The van der Waals surface area contributed by atoms with Crippen molar-refractivity contribution >= 4 is 31.3 Å². The number of halogens is 1. The molecule has 0 bridgehead atoms. The van der Waals surface area contributed by atoms with E-state index >= 15 is 0 Å². The van der Waals surface area contributed by atoms with Crippen molar-refractivity contribution in [3.63, 3.8) is 0 Å². The molecule has 0 fully saturated rings. The van der Waals surface area contributed by atoms with E-state index in [0.29, 0.717) is 0 Å². The van der Waals surface area contributed by atoms with Gasteiger partial charge in [0.15, 0.2) is 0 Å². The van der Waals surface area contributed by atoms with Gasteiger partial charge >= 0.3 is 65.5 Å². The Bertz CT molecular complexity index is 11.6. The van der Waals surface area contributed by atoms with Crippen LogP contribution in [0.4, 0.5) is 0 Å². The Morgan fingerprint density at radius 1 is 1.80 bits per heavy atom. The van der Waals surface area contributed by atoms with Crippen molar-refractivity contribution in [3.05, 3.63) is 0 Å². The molecule has 26 valence electrons. The van der Waals surface area contributed by atoms with E-state index in [-0.39, 0.29) is 23.1 Å². The summed E-state index contributed by atoms with van der Waals surface area (Å²) in [4.78, 5) is 0. The summed E-state index contributed by atoms with van der Waals surface area (Å²) >= 11 is -0.640. The number of hydrogen-bond donors (Lipinski definition) is 0. The molecule has 0 spiro atoms. The van der Waals surface area contributed by atoms with Gasteiger partial charge in [-0.1, -0.05) is 0 Å². The van der Waals surface area contributed by atoms with E-state index in [2.05, 4.69) is 6.92 Å². The molecular formula is C2H7ClHgMg. The van der Waals surface area contributed by atoms with Gasteiger partial charge in [-0.3, -0.25) is 0 Å². The summed E-state index contributed by atoms with van der Waals surface area (Å²) in [6.45, 7) is 2.15. The second kappa shape index (κ2) is 9.37. The first-order chi connectivity index (χ1) is 1.91. The summed E-state index contributed by atoms with van der Waals surface area (Å²) in [5.74, 6) is 0. The van der Waals surface area contributed by atoms with Crippen molar-refractivity contribution in [2.45, 2.75) is 10.9 Å². The quantitative estimate of drug-likeness (QED) is 0.625. The van der Waals surface area contributed by atoms with E-state index in [4.69, 9.17) is 8.25 Å². The van der Waals surface area contributed by atoms with Crippen molar-refractivity contribution in [1.29, 1.82) is 0 Å². The van der Waals surface area contributed by atoms with Crippen LogP contribution in [-0.4, -0.2) is 23.1 Å². The Hall–Kier alpha value is 1.99. The molecule has 0 amide bonds. The zero-order chi connectivity index (χ0) is 3.41. The molecule has 0 aromatic rings. The van der Waals surface area contributed by atoms with Crippen molar-refractivity contribution in [3.8, 4) is 0 Å². The van der Waals surface area contributed by atoms with Crippen molar-refractivity contribution in [2.75, 3.05) is 0 Å². The van der Waals surface area contributed by atoms with Crippen LogP contribution in [0.1, 0.15) is 6.92 Å². The Labute approximate surface area is 64.7 Å². The van der Waals surface area contributed by atoms with Crippen LogP contribution < -0.4 is 0 Å². The Balaban J connectivity index is 0. The fraction of sp³-hybridized carbons (Fsp3) is 1.00. The van der Waals surface area contributed by atoms with Gasteiger partial charge in [0, 0.05) is 0 Å². The molecule has 0 unspecified atom stereocenters. The Morgan fingerprint density at radius 3 is 2.00 bits per heavy atom. The Kier molecular flexibility index (Phi) is 18.9. The van der Waals surface area contributed by atoms with Crippen LogP contribution in [-0.2, 0) is 23.3 Å². The second-order valence-corrected chi connectivity index (χ2v) is 9.36. The third-order valence-corrected chi connectivity index (χ3v) is 4.97. The van der Waals surface area contributed by atoms with E-state index in [0.717, 1.165) is 0 Å². The molecule has 0 saturated carbocycles. The standard InChI is InChI=1S/C2H5.ClH.Hg.Mg.2H/c1-2;;;;;/h1H2,2H3;1H;;;;/q;;+1;;;/p-1. The van der Waals surface area contributed by atoms with Gasteiger partial charge in [-0.15, -0.1) is 0 Å². The maximum atomic E-state index is 5.41. The van der Waals surface area contributed by atoms with Crippen molar-refractivity contribution < 1.29 is 23.3 Å². The van der Waals surface area contributed by atoms with E-state index in [1.54, 1.807) is 0 Å². The van der Waals surface area contributed by atoms with Crippen LogP contribution in [0.5, 0.6) is 0 Å². The molecule has 0 nitrogen and oxygen atoms in total. The third-order valence-electron chi connectivity index (χ3n) is 0.189. The fourth-order valence-electron chi connectivity index (χ4n) is 0. The second-order valence-electron chi connectivity index (χ2n) is 0.689. The Morgan fingerprint density at radius 2 is 2.00 bits per heavy atom. The molecule has 0 radical (unpaired) electrons. The molecule has 5 heavy (non-hydrogen) atoms. The molecule has 0 aliphatic rings. The summed E-state index contributed by atoms with van der Waals surface area (Å²) in [6.07, 6.45) is 0. The molecule has 3 heteroatoms. The first-order valence-corrected chi connectivity index (χ1v) is 12.1. The molecule has 0 saturated heterocycles. The molecule has 0 aromatic heterocycles. The van der Waals surface area contributed by atoms with Crippen LogP contribution in [0.25, 0.3) is 0 Å². The van der Waals surface area contributed by atoms with Gasteiger partial charge in [-0.25, -0.2) is 0 Å². The van der Waals surface area contributed by atoms with Gasteiger partial charge in [0.2, 0.25) is 0 Å². The van der Waals surface area contributed by atoms with Gasteiger partial charge in [0.25, 0.3) is 0 Å². The topological polar surface area (TPSA) is 0 Å². The first-order valence-electron chi connectivity index (χ1n) is 1.47. The fourth-order valence-corrected chi connectivity index (χ4v) is 0. The van der Waals surface area contributed by atoms with Crippen LogP contribution in [0.2, 0.25) is 3.93 Å². The molecular weight excluding hydrogens is 284 g/mol. The van der Waals surface area contributed by atoms with Gasteiger partial charge in [0.05, 0.1) is 0 Å². The van der Waals surface area contributed by atoms with Gasteiger partial charge in [-0.05, 0) is 0 Å². The maximum absolute atomic E-state index is 5.41. The summed E-state index contributed by atoms with van der Waals surface area (Å²) in [5.41, 5.74) is 0. The summed E-state index contributed by atoms with van der Waals surface area (Å²) < 4.78 is 1.31. The summed E-state index contributed by atoms with van der Waals surface area (Å²) in [7, 11) is 5.41. The molecule has 0 heterocycles. The smallest absolute Gasteiger partial charge is 0.316 e. The third kappa shape index (κ3) is 10.7. The molecule has 0 N–H and O–H groups in total. The van der Waals surface area contributed by atoms with E-state index in [9.17, 15) is 0 Å². The molecule has 0 aromatic carbocycles. The number of rotatable bonds is 1. The minimum absolute atomic E-state index is 0. The minimum Gasteiger partial charge on any atom is 0.316 e. The average molecular weight is 291 g/mol. The van der Waals surface area contributed by atoms with Gasteiger partial charge < -0.3 is 0 Å². The maximum Gasteiger partial charge on any atom is 0.316 e. The molecule has 0 atom stereocenters. The minimum atomic E-state index is -0.640. The van der Waals surface area contributed by atoms with Gasteiger partial charge in [-0.2, -0.15) is 0 Å². The largest absolute Gasteiger partial charge is 0.316 e. The van der Waals surface area contributed by atoms with Crippen LogP contribution >= 0.6 is 8.25 Å². The molecule has 0 aliphatic carbocycles. The van der Waals surface area contributed by atoms with Crippen LogP contribution in [0, 0.1) is 0 Å². The van der Waals surface area contributed by atoms with Crippen molar-refractivity contribution in [1.82, 2.24) is 0 Å². The summed E-state index contributed by atoms with van der Waals surface area (Å²) in [6, 6.07) is 0. The van der Waals surface area contributed by atoms with Crippen molar-refractivity contribution in [2.24, 2.45) is 0 Å². The zero-order valence-electron chi connectivity index (χ0n) is 2.79. The van der Waals surface area contributed by atoms with Gasteiger partial charge in [0.1, 0.15) is 0 Å². The molecule has 0 rings (SSSR count). The predicted molar refractivity (Wildman–Crippen MR) is 24.9 cm³/mol. The normalized spacial score (nSPS) is 4.40. The monoisotopic (exact) mass is 292 g/mol.